The van der Waals surface area contributed by atoms with Crippen LogP contribution in [0.2, 0.25) is 0 Å². The highest BCUT2D eigenvalue weighted by Crippen LogP contribution is 2.31. The SMILES string of the molecule is CC(C)N(Cc1nc2ccccc2c(=O)[nH]1)C(=O)COc1cccc(C(F)(F)F)c1. The third-order valence-corrected chi connectivity index (χ3v) is 4.45. The fourth-order valence-corrected chi connectivity index (χ4v) is 2.92. The van der Waals surface area contributed by atoms with Crippen LogP contribution in [0.15, 0.2) is 53.3 Å². The van der Waals surface area contributed by atoms with Crippen molar-refractivity contribution in [3.63, 3.8) is 0 Å². The number of nitrogens with zero attached hydrogens (tertiary/aromatic N) is 2. The summed E-state index contributed by atoms with van der Waals surface area (Å²) in [5, 5.41) is 0.441. The molecule has 30 heavy (non-hydrogen) atoms. The molecule has 0 saturated carbocycles. The third-order valence-electron chi connectivity index (χ3n) is 4.45. The highest BCUT2D eigenvalue weighted by molar-refractivity contribution is 5.79. The Morgan fingerprint density at radius 2 is 1.90 bits per heavy atom. The summed E-state index contributed by atoms with van der Waals surface area (Å²) in [5.41, 5.74) is -0.661. The fourth-order valence-electron chi connectivity index (χ4n) is 2.92. The van der Waals surface area contributed by atoms with E-state index in [-0.39, 0.29) is 23.9 Å². The van der Waals surface area contributed by atoms with Gasteiger partial charge in [-0.3, -0.25) is 9.59 Å². The molecular formula is C21H20F3N3O3. The number of H-pyrrole nitrogens is 1. The molecule has 0 saturated heterocycles. The van der Waals surface area contributed by atoms with E-state index < -0.39 is 24.3 Å². The number of fused-ring (bicyclic) bond motifs is 1. The predicted octanol–water partition coefficient (Wildman–Crippen LogP) is 3.76. The number of benzene rings is 2. The highest BCUT2D eigenvalue weighted by Gasteiger charge is 2.30. The number of alkyl halides is 3. The summed E-state index contributed by atoms with van der Waals surface area (Å²) >= 11 is 0. The van der Waals surface area contributed by atoms with Gasteiger partial charge in [-0.15, -0.1) is 0 Å². The first-order chi connectivity index (χ1) is 14.1. The number of ether oxygens (including phenoxy) is 1. The number of carbonyl (C=O) groups excluding carboxylic acids is 1. The van der Waals surface area contributed by atoms with E-state index in [9.17, 15) is 22.8 Å². The normalized spacial score (nSPS) is 11.7. The maximum Gasteiger partial charge on any atom is 0.416 e. The van der Waals surface area contributed by atoms with Crippen molar-refractivity contribution in [2.45, 2.75) is 32.6 Å². The quantitative estimate of drug-likeness (QED) is 0.660. The van der Waals surface area contributed by atoms with E-state index in [1.807, 2.05) is 0 Å². The Balaban J connectivity index is 1.74. The Labute approximate surface area is 170 Å². The number of para-hydroxylation sites is 1. The maximum absolute atomic E-state index is 12.8. The van der Waals surface area contributed by atoms with E-state index >= 15 is 0 Å². The number of aromatic nitrogens is 2. The van der Waals surface area contributed by atoms with Crippen LogP contribution < -0.4 is 10.3 Å². The maximum atomic E-state index is 12.8. The number of carbonyl (C=O) groups is 1. The molecule has 1 N–H and O–H groups in total. The van der Waals surface area contributed by atoms with Gasteiger partial charge in [-0.25, -0.2) is 4.98 Å². The lowest BCUT2D eigenvalue weighted by molar-refractivity contribution is -0.137. The molecule has 0 aliphatic heterocycles. The number of hydrogen-bond donors (Lipinski definition) is 1. The van der Waals surface area contributed by atoms with Crippen molar-refractivity contribution in [1.29, 1.82) is 0 Å². The molecule has 0 atom stereocenters. The molecular weight excluding hydrogens is 399 g/mol. The summed E-state index contributed by atoms with van der Waals surface area (Å²) < 4.78 is 43.7. The second kappa shape index (κ2) is 8.56. The van der Waals surface area contributed by atoms with E-state index in [0.29, 0.717) is 16.7 Å². The predicted molar refractivity (Wildman–Crippen MR) is 105 cm³/mol. The zero-order valence-corrected chi connectivity index (χ0v) is 16.4. The van der Waals surface area contributed by atoms with E-state index in [1.54, 1.807) is 38.1 Å². The first kappa shape index (κ1) is 21.4. The average Bonchev–Trinajstić information content (AvgIpc) is 2.69. The van der Waals surface area contributed by atoms with Crippen LogP contribution in [0.5, 0.6) is 5.75 Å². The lowest BCUT2D eigenvalue weighted by atomic mass is 10.2. The van der Waals surface area contributed by atoms with Gasteiger partial charge in [0.1, 0.15) is 11.6 Å². The van der Waals surface area contributed by atoms with Gasteiger partial charge in [0.15, 0.2) is 6.61 Å². The van der Waals surface area contributed by atoms with Gasteiger partial charge in [-0.1, -0.05) is 18.2 Å². The molecule has 0 fully saturated rings. The second-order valence-corrected chi connectivity index (χ2v) is 6.96. The van der Waals surface area contributed by atoms with Crippen molar-refractivity contribution in [3.8, 4) is 5.75 Å². The molecule has 1 amide bonds. The highest BCUT2D eigenvalue weighted by atomic mass is 19.4. The molecule has 2 aromatic carbocycles. The van der Waals surface area contributed by atoms with Gasteiger partial charge in [-0.2, -0.15) is 13.2 Å². The van der Waals surface area contributed by atoms with Gasteiger partial charge >= 0.3 is 6.18 Å². The Kier molecular flexibility index (Phi) is 6.09. The summed E-state index contributed by atoms with van der Waals surface area (Å²) in [6.45, 7) is 3.14. The zero-order chi connectivity index (χ0) is 21.9. The molecule has 1 aromatic heterocycles. The number of amides is 1. The molecule has 0 aliphatic carbocycles. The molecule has 3 aromatic rings. The summed E-state index contributed by atoms with van der Waals surface area (Å²) in [6.07, 6.45) is -4.50. The molecule has 0 spiro atoms. The number of nitrogens with one attached hydrogen (secondary N) is 1. The summed E-state index contributed by atoms with van der Waals surface area (Å²) in [5.74, 6) is -0.197. The van der Waals surface area contributed by atoms with Crippen molar-refractivity contribution in [3.05, 3.63) is 70.3 Å². The molecule has 9 heteroatoms. The second-order valence-electron chi connectivity index (χ2n) is 6.96. The van der Waals surface area contributed by atoms with Gasteiger partial charge in [0.2, 0.25) is 0 Å². The first-order valence-electron chi connectivity index (χ1n) is 9.22. The van der Waals surface area contributed by atoms with Gasteiger partial charge < -0.3 is 14.6 Å². The zero-order valence-electron chi connectivity index (χ0n) is 16.4. The number of rotatable bonds is 6. The van der Waals surface area contributed by atoms with Crippen molar-refractivity contribution in [2.75, 3.05) is 6.61 Å². The third kappa shape index (κ3) is 4.97. The van der Waals surface area contributed by atoms with E-state index in [4.69, 9.17) is 4.74 Å². The standard InChI is InChI=1S/C21H20F3N3O3/c1-13(2)27(11-18-25-17-9-4-3-8-16(17)20(29)26-18)19(28)12-30-15-7-5-6-14(10-15)21(22,23)24/h3-10,13H,11-12H2,1-2H3,(H,25,26,29). The van der Waals surface area contributed by atoms with Crippen LogP contribution in [0.3, 0.4) is 0 Å². The lowest BCUT2D eigenvalue weighted by Crippen LogP contribution is -2.40. The number of halogens is 3. The minimum Gasteiger partial charge on any atom is -0.484 e. The molecule has 1 heterocycles. The van der Waals surface area contributed by atoms with Gasteiger partial charge in [0.05, 0.1) is 23.0 Å². The Morgan fingerprint density at radius 1 is 1.17 bits per heavy atom. The molecule has 6 nitrogen and oxygen atoms in total. The Bertz CT molecular complexity index is 1110. The summed E-state index contributed by atoms with van der Waals surface area (Å²) in [6, 6.07) is 10.9. The molecule has 0 radical (unpaired) electrons. The fraction of sp³-hybridized carbons (Fsp3) is 0.286. The Hall–Kier alpha value is -3.36. The van der Waals surface area contributed by atoms with Crippen LogP contribution in [0.25, 0.3) is 10.9 Å². The van der Waals surface area contributed by atoms with E-state index in [2.05, 4.69) is 9.97 Å². The molecule has 0 unspecified atom stereocenters. The molecule has 3 rings (SSSR count). The van der Waals surface area contributed by atoms with Crippen molar-refractivity contribution >= 4 is 16.8 Å². The smallest absolute Gasteiger partial charge is 0.416 e. The van der Waals surface area contributed by atoms with Crippen LogP contribution in [0.1, 0.15) is 25.2 Å². The molecule has 158 valence electrons. The minimum absolute atomic E-state index is 0.0303. The summed E-state index contributed by atoms with van der Waals surface area (Å²) in [7, 11) is 0. The molecule has 0 aliphatic rings. The van der Waals surface area contributed by atoms with E-state index in [1.165, 1.54) is 17.0 Å². The van der Waals surface area contributed by atoms with Crippen molar-refractivity contribution in [2.24, 2.45) is 0 Å². The van der Waals surface area contributed by atoms with Crippen LogP contribution in [-0.4, -0.2) is 33.4 Å². The monoisotopic (exact) mass is 419 g/mol. The van der Waals surface area contributed by atoms with Gasteiger partial charge in [-0.05, 0) is 44.2 Å². The largest absolute Gasteiger partial charge is 0.484 e. The van der Waals surface area contributed by atoms with Gasteiger partial charge in [0.25, 0.3) is 11.5 Å². The number of hydrogen-bond acceptors (Lipinski definition) is 4. The van der Waals surface area contributed by atoms with Crippen LogP contribution in [0, 0.1) is 0 Å². The van der Waals surface area contributed by atoms with Crippen molar-refractivity contribution in [1.82, 2.24) is 14.9 Å². The van der Waals surface area contributed by atoms with Crippen LogP contribution in [0.4, 0.5) is 13.2 Å². The average molecular weight is 419 g/mol. The Morgan fingerprint density at radius 3 is 2.60 bits per heavy atom. The van der Waals surface area contributed by atoms with Gasteiger partial charge in [0, 0.05) is 6.04 Å². The first-order valence-corrected chi connectivity index (χ1v) is 9.22. The van der Waals surface area contributed by atoms with E-state index in [0.717, 1.165) is 12.1 Å². The topological polar surface area (TPSA) is 75.3 Å². The lowest BCUT2D eigenvalue weighted by Gasteiger charge is -2.26. The minimum atomic E-state index is -4.50. The summed E-state index contributed by atoms with van der Waals surface area (Å²) in [4.78, 5) is 33.4. The number of aromatic amines is 1. The van der Waals surface area contributed by atoms with Crippen molar-refractivity contribution < 1.29 is 22.7 Å². The molecule has 0 bridgehead atoms. The van der Waals surface area contributed by atoms with Crippen LogP contribution in [-0.2, 0) is 17.5 Å². The van der Waals surface area contributed by atoms with Crippen LogP contribution >= 0.6 is 0 Å².